The molecule has 0 radical (unpaired) electrons. The number of fused-ring (bicyclic) bond motifs is 1. The molecule has 0 unspecified atom stereocenters. The van der Waals surface area contributed by atoms with Gasteiger partial charge in [0.2, 0.25) is 5.95 Å². The molecule has 0 aliphatic carbocycles. The van der Waals surface area contributed by atoms with E-state index in [2.05, 4.69) is 45.6 Å². The van der Waals surface area contributed by atoms with E-state index in [0.29, 0.717) is 5.95 Å². The number of hydrogen-bond donors (Lipinski definition) is 2. The van der Waals surface area contributed by atoms with Crippen LogP contribution in [0.1, 0.15) is 17.5 Å². The van der Waals surface area contributed by atoms with Crippen LogP contribution in [0, 0.1) is 6.92 Å². The number of nitrogens with zero attached hydrogens (tertiary/aromatic N) is 4. The summed E-state index contributed by atoms with van der Waals surface area (Å²) in [5.74, 6) is 1.44. The zero-order valence-electron chi connectivity index (χ0n) is 12.6. The van der Waals surface area contributed by atoms with Gasteiger partial charge in [-0.15, -0.1) is 11.3 Å². The molecular weight excluding hydrogens is 284 g/mol. The summed E-state index contributed by atoms with van der Waals surface area (Å²) in [6.07, 6.45) is 2.85. The summed E-state index contributed by atoms with van der Waals surface area (Å²) in [7, 11) is 3.75. The molecule has 0 spiro atoms. The Morgan fingerprint density at radius 2 is 2.14 bits per heavy atom. The minimum absolute atomic E-state index is 0.619. The normalized spacial score (nSPS) is 11.0. The van der Waals surface area contributed by atoms with Crippen LogP contribution in [0.3, 0.4) is 0 Å². The molecule has 0 amide bonds. The van der Waals surface area contributed by atoms with Crippen molar-refractivity contribution in [3.8, 4) is 0 Å². The third-order valence-electron chi connectivity index (χ3n) is 3.23. The van der Waals surface area contributed by atoms with Crippen LogP contribution >= 0.6 is 11.3 Å². The van der Waals surface area contributed by atoms with Crippen LogP contribution in [0.4, 0.5) is 17.5 Å². The van der Waals surface area contributed by atoms with E-state index in [9.17, 15) is 0 Å². The Morgan fingerprint density at radius 3 is 2.86 bits per heavy atom. The summed E-state index contributed by atoms with van der Waals surface area (Å²) < 4.78 is 1.82. The number of aryl methyl sites for hydroxylation is 3. The SMILES string of the molecule is CCc1nn(C)cc1Nc1nc(NC)nc2sc(C)cc12. The first kappa shape index (κ1) is 13.8. The van der Waals surface area contributed by atoms with Crippen molar-refractivity contribution < 1.29 is 0 Å². The van der Waals surface area contributed by atoms with Crippen molar-refractivity contribution in [2.75, 3.05) is 17.7 Å². The third kappa shape index (κ3) is 2.56. The van der Waals surface area contributed by atoms with Gasteiger partial charge >= 0.3 is 0 Å². The maximum atomic E-state index is 4.55. The van der Waals surface area contributed by atoms with Crippen molar-refractivity contribution in [3.63, 3.8) is 0 Å². The summed E-state index contributed by atoms with van der Waals surface area (Å²) in [6.45, 7) is 4.17. The number of nitrogens with one attached hydrogen (secondary N) is 2. The van der Waals surface area contributed by atoms with E-state index in [1.807, 2.05) is 25.0 Å². The predicted molar refractivity (Wildman–Crippen MR) is 87.6 cm³/mol. The number of aromatic nitrogens is 4. The Balaban J connectivity index is 2.10. The third-order valence-corrected chi connectivity index (χ3v) is 4.18. The monoisotopic (exact) mass is 302 g/mol. The van der Waals surface area contributed by atoms with Gasteiger partial charge in [-0.1, -0.05) is 6.92 Å². The molecule has 7 heteroatoms. The highest BCUT2D eigenvalue weighted by atomic mass is 32.1. The minimum atomic E-state index is 0.619. The van der Waals surface area contributed by atoms with Crippen molar-refractivity contribution in [1.82, 2.24) is 19.7 Å². The van der Waals surface area contributed by atoms with Crippen LogP contribution < -0.4 is 10.6 Å². The van der Waals surface area contributed by atoms with Gasteiger partial charge in [0.15, 0.2) is 0 Å². The highest BCUT2D eigenvalue weighted by molar-refractivity contribution is 7.18. The topological polar surface area (TPSA) is 67.7 Å². The Bertz CT molecular complexity index is 788. The maximum Gasteiger partial charge on any atom is 0.225 e. The first-order valence-electron chi connectivity index (χ1n) is 6.86. The van der Waals surface area contributed by atoms with Crippen LogP contribution in [0.15, 0.2) is 12.3 Å². The van der Waals surface area contributed by atoms with E-state index < -0.39 is 0 Å². The zero-order valence-corrected chi connectivity index (χ0v) is 13.4. The van der Waals surface area contributed by atoms with Crippen LogP contribution in [-0.2, 0) is 13.5 Å². The molecule has 3 heterocycles. The molecule has 0 fully saturated rings. The highest BCUT2D eigenvalue weighted by Gasteiger charge is 2.13. The Labute approximate surface area is 127 Å². The Morgan fingerprint density at radius 1 is 1.33 bits per heavy atom. The second kappa shape index (κ2) is 5.33. The summed E-state index contributed by atoms with van der Waals surface area (Å²) in [5, 5.41) is 11.9. The first-order chi connectivity index (χ1) is 10.1. The molecule has 0 saturated carbocycles. The average Bonchev–Trinajstić information content (AvgIpc) is 3.00. The van der Waals surface area contributed by atoms with E-state index in [1.165, 1.54) is 4.88 Å². The molecule has 21 heavy (non-hydrogen) atoms. The summed E-state index contributed by atoms with van der Waals surface area (Å²) in [6, 6.07) is 2.11. The molecule has 0 bridgehead atoms. The van der Waals surface area contributed by atoms with E-state index in [4.69, 9.17) is 0 Å². The molecular formula is C14H18N6S. The second-order valence-electron chi connectivity index (χ2n) is 4.86. The van der Waals surface area contributed by atoms with Crippen molar-refractivity contribution in [1.29, 1.82) is 0 Å². The molecule has 0 saturated heterocycles. The number of anilines is 3. The van der Waals surface area contributed by atoms with Crippen LogP contribution in [0.5, 0.6) is 0 Å². The van der Waals surface area contributed by atoms with Crippen molar-refractivity contribution in [3.05, 3.63) is 22.8 Å². The minimum Gasteiger partial charge on any atom is -0.357 e. The van der Waals surface area contributed by atoms with Gasteiger partial charge in [0.05, 0.1) is 16.8 Å². The van der Waals surface area contributed by atoms with Crippen LogP contribution in [0.2, 0.25) is 0 Å². The molecule has 0 aliphatic rings. The van der Waals surface area contributed by atoms with Gasteiger partial charge in [-0.25, -0.2) is 4.98 Å². The smallest absolute Gasteiger partial charge is 0.225 e. The van der Waals surface area contributed by atoms with Gasteiger partial charge in [0, 0.05) is 25.2 Å². The number of rotatable bonds is 4. The van der Waals surface area contributed by atoms with Gasteiger partial charge in [-0.2, -0.15) is 10.1 Å². The Hall–Kier alpha value is -2.15. The summed E-state index contributed by atoms with van der Waals surface area (Å²) in [4.78, 5) is 11.3. The number of hydrogen-bond acceptors (Lipinski definition) is 6. The largest absolute Gasteiger partial charge is 0.357 e. The van der Waals surface area contributed by atoms with Gasteiger partial charge in [-0.3, -0.25) is 4.68 Å². The molecule has 0 aromatic carbocycles. The molecule has 110 valence electrons. The van der Waals surface area contributed by atoms with E-state index in [0.717, 1.165) is 33.8 Å². The maximum absolute atomic E-state index is 4.55. The lowest BCUT2D eigenvalue weighted by Gasteiger charge is -2.08. The quantitative estimate of drug-likeness (QED) is 0.775. The fourth-order valence-corrected chi connectivity index (χ4v) is 3.16. The molecule has 0 atom stereocenters. The van der Waals surface area contributed by atoms with Gasteiger partial charge < -0.3 is 10.6 Å². The van der Waals surface area contributed by atoms with Crippen molar-refractivity contribution in [2.24, 2.45) is 7.05 Å². The zero-order chi connectivity index (χ0) is 15.0. The van der Waals surface area contributed by atoms with Gasteiger partial charge in [-0.05, 0) is 19.4 Å². The van der Waals surface area contributed by atoms with Crippen molar-refractivity contribution in [2.45, 2.75) is 20.3 Å². The molecule has 6 nitrogen and oxygen atoms in total. The molecule has 2 N–H and O–H groups in total. The lowest BCUT2D eigenvalue weighted by Crippen LogP contribution is -2.01. The second-order valence-corrected chi connectivity index (χ2v) is 6.10. The van der Waals surface area contributed by atoms with Crippen LogP contribution in [-0.4, -0.2) is 26.8 Å². The average molecular weight is 302 g/mol. The lowest BCUT2D eigenvalue weighted by molar-refractivity contribution is 0.746. The number of thiophene rings is 1. The van der Waals surface area contributed by atoms with Crippen molar-refractivity contribution >= 4 is 39.0 Å². The fraction of sp³-hybridized carbons (Fsp3) is 0.357. The Kier molecular flexibility index (Phi) is 3.50. The summed E-state index contributed by atoms with van der Waals surface area (Å²) in [5.41, 5.74) is 2.02. The van der Waals surface area contributed by atoms with E-state index in [-0.39, 0.29) is 0 Å². The molecule has 3 aromatic heterocycles. The highest BCUT2D eigenvalue weighted by Crippen LogP contribution is 2.31. The lowest BCUT2D eigenvalue weighted by atomic mass is 10.3. The van der Waals surface area contributed by atoms with E-state index >= 15 is 0 Å². The molecule has 0 aliphatic heterocycles. The van der Waals surface area contributed by atoms with Gasteiger partial charge in [0.25, 0.3) is 0 Å². The van der Waals surface area contributed by atoms with Gasteiger partial charge in [0.1, 0.15) is 10.6 Å². The summed E-state index contributed by atoms with van der Waals surface area (Å²) >= 11 is 1.67. The first-order valence-corrected chi connectivity index (χ1v) is 7.67. The molecule has 3 aromatic rings. The fourth-order valence-electron chi connectivity index (χ4n) is 2.28. The molecule has 3 rings (SSSR count). The predicted octanol–water partition coefficient (Wildman–Crippen LogP) is 3.08. The van der Waals surface area contributed by atoms with E-state index in [1.54, 1.807) is 11.3 Å². The van der Waals surface area contributed by atoms with Crippen LogP contribution in [0.25, 0.3) is 10.2 Å². The standard InChI is InChI=1S/C14H18N6S/c1-5-10-11(7-20(4)19-10)16-12-9-6-8(2)21-13(9)18-14(15-3)17-12/h6-7H,5H2,1-4H3,(H2,15,16,17,18).